The lowest BCUT2D eigenvalue weighted by molar-refractivity contribution is -0.132. The van der Waals surface area contributed by atoms with Crippen LogP contribution >= 0.6 is 0 Å². The summed E-state index contributed by atoms with van der Waals surface area (Å²) in [4.78, 5) is 13.6. The number of ether oxygens (including phenoxy) is 1. The lowest BCUT2D eigenvalue weighted by atomic mass is 10.1. The number of nitrogens with zero attached hydrogens (tertiary/aromatic N) is 1. The van der Waals surface area contributed by atoms with Crippen molar-refractivity contribution in [2.24, 2.45) is 0 Å². The van der Waals surface area contributed by atoms with Crippen LogP contribution in [-0.4, -0.2) is 42.8 Å². The van der Waals surface area contributed by atoms with E-state index in [-0.39, 0.29) is 24.2 Å². The predicted octanol–water partition coefficient (Wildman–Crippen LogP) is 0.332. The molecule has 4 nitrogen and oxygen atoms in total. The second kappa shape index (κ2) is 3.87. The van der Waals surface area contributed by atoms with E-state index in [2.05, 4.69) is 5.32 Å². The second-order valence-corrected chi connectivity index (χ2v) is 4.13. The standard InChI is InChI=1S/C10H18N2O2/c1-7-11-6-10(13)12(7)8-4-3-5-9(8)14-2/h7-9,11H,3-6H2,1-2H3. The molecule has 1 heterocycles. The summed E-state index contributed by atoms with van der Waals surface area (Å²) in [6, 6.07) is 0.289. The molecule has 0 aromatic heterocycles. The average Bonchev–Trinajstić information content (AvgIpc) is 2.73. The third-order valence-electron chi connectivity index (χ3n) is 3.33. The topological polar surface area (TPSA) is 41.6 Å². The first kappa shape index (κ1) is 9.93. The Hall–Kier alpha value is -0.610. The first-order chi connectivity index (χ1) is 6.74. The van der Waals surface area contributed by atoms with Gasteiger partial charge in [0, 0.05) is 7.11 Å². The molecule has 1 aliphatic carbocycles. The van der Waals surface area contributed by atoms with Gasteiger partial charge in [0.05, 0.1) is 24.9 Å². The van der Waals surface area contributed by atoms with E-state index >= 15 is 0 Å². The molecular formula is C10H18N2O2. The molecule has 3 unspecified atom stereocenters. The number of carbonyl (C=O) groups excluding carboxylic acids is 1. The van der Waals surface area contributed by atoms with Crippen molar-refractivity contribution in [3.8, 4) is 0 Å². The largest absolute Gasteiger partial charge is 0.379 e. The zero-order valence-corrected chi connectivity index (χ0v) is 8.82. The lowest BCUT2D eigenvalue weighted by Crippen LogP contribution is -2.47. The van der Waals surface area contributed by atoms with Gasteiger partial charge in [-0.3, -0.25) is 10.1 Å². The van der Waals surface area contributed by atoms with E-state index in [4.69, 9.17) is 4.74 Å². The third-order valence-corrected chi connectivity index (χ3v) is 3.33. The Balaban J connectivity index is 2.09. The number of nitrogens with one attached hydrogen (secondary N) is 1. The summed E-state index contributed by atoms with van der Waals surface area (Å²) < 4.78 is 5.41. The molecule has 0 spiro atoms. The van der Waals surface area contributed by atoms with E-state index in [1.54, 1.807) is 7.11 Å². The Morgan fingerprint density at radius 2 is 2.29 bits per heavy atom. The zero-order valence-electron chi connectivity index (χ0n) is 8.82. The maximum absolute atomic E-state index is 11.6. The van der Waals surface area contributed by atoms with Crippen LogP contribution in [0.4, 0.5) is 0 Å². The van der Waals surface area contributed by atoms with E-state index in [1.165, 1.54) is 6.42 Å². The van der Waals surface area contributed by atoms with Crippen LogP contribution in [0.25, 0.3) is 0 Å². The molecule has 2 fully saturated rings. The number of methoxy groups -OCH3 is 1. The lowest BCUT2D eigenvalue weighted by Gasteiger charge is -2.31. The highest BCUT2D eigenvalue weighted by molar-refractivity contribution is 5.81. The fraction of sp³-hybridized carbons (Fsp3) is 0.900. The van der Waals surface area contributed by atoms with Crippen LogP contribution in [0, 0.1) is 0 Å². The first-order valence-corrected chi connectivity index (χ1v) is 5.31. The molecule has 0 bridgehead atoms. The molecule has 0 radical (unpaired) electrons. The van der Waals surface area contributed by atoms with Crippen LogP contribution in [0.2, 0.25) is 0 Å². The number of carbonyl (C=O) groups is 1. The molecule has 0 aromatic carbocycles. The van der Waals surface area contributed by atoms with Crippen molar-refractivity contribution in [3.63, 3.8) is 0 Å². The molecule has 2 rings (SSSR count). The summed E-state index contributed by atoms with van der Waals surface area (Å²) in [6.07, 6.45) is 3.73. The van der Waals surface area contributed by atoms with E-state index in [0.717, 1.165) is 12.8 Å². The quantitative estimate of drug-likeness (QED) is 0.695. The maximum atomic E-state index is 11.6. The van der Waals surface area contributed by atoms with Gasteiger partial charge in [0.15, 0.2) is 0 Å². The molecule has 14 heavy (non-hydrogen) atoms. The van der Waals surface area contributed by atoms with Crippen LogP contribution in [-0.2, 0) is 9.53 Å². The van der Waals surface area contributed by atoms with E-state index in [9.17, 15) is 4.79 Å². The molecule has 1 aliphatic heterocycles. The minimum Gasteiger partial charge on any atom is -0.379 e. The average molecular weight is 198 g/mol. The fourth-order valence-corrected chi connectivity index (χ4v) is 2.61. The highest BCUT2D eigenvalue weighted by atomic mass is 16.5. The summed E-state index contributed by atoms with van der Waals surface area (Å²) in [6.45, 7) is 2.52. The minimum atomic E-state index is 0.170. The number of hydrogen-bond donors (Lipinski definition) is 1. The highest BCUT2D eigenvalue weighted by Crippen LogP contribution is 2.28. The van der Waals surface area contributed by atoms with Gasteiger partial charge in [0.1, 0.15) is 0 Å². The molecule has 3 atom stereocenters. The molecule has 0 aromatic rings. The van der Waals surface area contributed by atoms with Gasteiger partial charge in [-0.05, 0) is 26.2 Å². The fourth-order valence-electron chi connectivity index (χ4n) is 2.61. The van der Waals surface area contributed by atoms with Gasteiger partial charge in [-0.1, -0.05) is 0 Å². The Labute approximate surface area is 84.6 Å². The minimum absolute atomic E-state index is 0.170. The summed E-state index contributed by atoms with van der Waals surface area (Å²) in [5.74, 6) is 0.214. The van der Waals surface area contributed by atoms with Crippen molar-refractivity contribution in [2.45, 2.75) is 44.5 Å². The van der Waals surface area contributed by atoms with E-state index in [1.807, 2.05) is 11.8 Å². The van der Waals surface area contributed by atoms with Crippen molar-refractivity contribution in [1.29, 1.82) is 0 Å². The molecule has 4 heteroatoms. The number of hydrogen-bond acceptors (Lipinski definition) is 3. The van der Waals surface area contributed by atoms with Crippen LogP contribution in [0.1, 0.15) is 26.2 Å². The van der Waals surface area contributed by atoms with Crippen molar-refractivity contribution in [1.82, 2.24) is 10.2 Å². The predicted molar refractivity (Wildman–Crippen MR) is 52.7 cm³/mol. The molecule has 1 amide bonds. The Bertz CT molecular complexity index is 232. The Kier molecular flexibility index (Phi) is 2.74. The molecule has 1 saturated heterocycles. The second-order valence-electron chi connectivity index (χ2n) is 4.13. The van der Waals surface area contributed by atoms with Crippen LogP contribution in [0.5, 0.6) is 0 Å². The smallest absolute Gasteiger partial charge is 0.238 e. The van der Waals surface area contributed by atoms with Crippen molar-refractivity contribution in [3.05, 3.63) is 0 Å². The summed E-state index contributed by atoms with van der Waals surface area (Å²) in [5, 5.41) is 3.16. The Morgan fingerprint density at radius 1 is 1.50 bits per heavy atom. The molecule has 80 valence electrons. The van der Waals surface area contributed by atoms with Gasteiger partial charge in [-0.15, -0.1) is 0 Å². The van der Waals surface area contributed by atoms with Gasteiger partial charge in [-0.25, -0.2) is 0 Å². The zero-order chi connectivity index (χ0) is 10.1. The van der Waals surface area contributed by atoms with Gasteiger partial charge < -0.3 is 9.64 Å². The van der Waals surface area contributed by atoms with Crippen molar-refractivity contribution >= 4 is 5.91 Å². The summed E-state index contributed by atoms with van der Waals surface area (Å²) in [7, 11) is 1.74. The number of amides is 1. The normalized spacial score (nSPS) is 38.3. The number of rotatable bonds is 2. The van der Waals surface area contributed by atoms with Crippen LogP contribution < -0.4 is 5.32 Å². The molecule has 1 saturated carbocycles. The van der Waals surface area contributed by atoms with Crippen molar-refractivity contribution in [2.75, 3.05) is 13.7 Å². The van der Waals surface area contributed by atoms with Gasteiger partial charge in [0.2, 0.25) is 5.91 Å². The molecular weight excluding hydrogens is 180 g/mol. The van der Waals surface area contributed by atoms with Crippen molar-refractivity contribution < 1.29 is 9.53 Å². The van der Waals surface area contributed by atoms with E-state index in [0.29, 0.717) is 6.54 Å². The Morgan fingerprint density at radius 3 is 2.86 bits per heavy atom. The molecule has 2 aliphatic rings. The summed E-state index contributed by atoms with van der Waals surface area (Å²) in [5.41, 5.74) is 0. The van der Waals surface area contributed by atoms with Crippen LogP contribution in [0.15, 0.2) is 0 Å². The highest BCUT2D eigenvalue weighted by Gasteiger charge is 2.39. The SMILES string of the molecule is COC1CCCC1N1C(=O)CNC1C. The third kappa shape index (κ3) is 1.53. The monoisotopic (exact) mass is 198 g/mol. The maximum Gasteiger partial charge on any atom is 0.238 e. The molecule has 1 N–H and O–H groups in total. The van der Waals surface area contributed by atoms with Crippen LogP contribution in [0.3, 0.4) is 0 Å². The first-order valence-electron chi connectivity index (χ1n) is 5.31. The van der Waals surface area contributed by atoms with Gasteiger partial charge in [-0.2, -0.15) is 0 Å². The summed E-state index contributed by atoms with van der Waals surface area (Å²) >= 11 is 0. The van der Waals surface area contributed by atoms with Gasteiger partial charge >= 0.3 is 0 Å². The van der Waals surface area contributed by atoms with Gasteiger partial charge in [0.25, 0.3) is 0 Å². The van der Waals surface area contributed by atoms with E-state index < -0.39 is 0 Å².